The number of carboxylic acids is 1. The summed E-state index contributed by atoms with van der Waals surface area (Å²) < 4.78 is 12.3. The summed E-state index contributed by atoms with van der Waals surface area (Å²) in [7, 11) is 4.77. The average Bonchev–Trinajstić information content (AvgIpc) is 2.98. The second-order valence-corrected chi connectivity index (χ2v) is 6.08. The van der Waals surface area contributed by atoms with Crippen molar-refractivity contribution in [2.75, 3.05) is 14.2 Å². The van der Waals surface area contributed by atoms with Crippen LogP contribution in [0.25, 0.3) is 10.9 Å². The molecule has 146 valence electrons. The Balaban J connectivity index is 2.29. The van der Waals surface area contributed by atoms with Crippen molar-refractivity contribution >= 4 is 28.7 Å². The number of amides is 2. The Morgan fingerprint density at radius 1 is 1.04 bits per heavy atom. The van der Waals surface area contributed by atoms with Crippen LogP contribution in [-0.2, 0) is 16.6 Å². The van der Waals surface area contributed by atoms with Crippen molar-refractivity contribution in [1.29, 1.82) is 0 Å². The molecule has 27 heavy (non-hydrogen) atoms. The fraction of sp³-hybridized carbons (Fsp3) is 0.389. The van der Waals surface area contributed by atoms with E-state index in [1.54, 1.807) is 29.8 Å². The molecule has 0 radical (unpaired) electrons. The molecule has 1 heterocycles. The van der Waals surface area contributed by atoms with E-state index < -0.39 is 29.9 Å². The van der Waals surface area contributed by atoms with Gasteiger partial charge in [0.05, 0.1) is 19.7 Å². The molecule has 2 aromatic rings. The van der Waals surface area contributed by atoms with Gasteiger partial charge in [-0.25, -0.2) is 0 Å². The highest BCUT2D eigenvalue weighted by Crippen LogP contribution is 2.35. The second kappa shape index (κ2) is 7.98. The Labute approximate surface area is 156 Å². The van der Waals surface area contributed by atoms with Crippen molar-refractivity contribution < 1.29 is 29.0 Å². The normalized spacial score (nSPS) is 12.9. The van der Waals surface area contributed by atoms with Crippen LogP contribution in [0.4, 0.5) is 0 Å². The van der Waals surface area contributed by atoms with Crippen molar-refractivity contribution in [3.63, 3.8) is 0 Å². The molecule has 0 spiro atoms. The smallest absolute Gasteiger partial charge is 0.325 e. The first-order chi connectivity index (χ1) is 12.7. The third-order valence-electron chi connectivity index (χ3n) is 4.26. The molecular weight excluding hydrogens is 354 g/mol. The van der Waals surface area contributed by atoms with Gasteiger partial charge in [0.2, 0.25) is 5.91 Å². The molecule has 2 rings (SSSR count). The number of hydrogen-bond donors (Lipinski definition) is 3. The highest BCUT2D eigenvalue weighted by molar-refractivity contribution is 6.03. The minimum atomic E-state index is -1.16. The van der Waals surface area contributed by atoms with Gasteiger partial charge in [0.25, 0.3) is 5.91 Å². The van der Waals surface area contributed by atoms with Crippen LogP contribution < -0.4 is 20.1 Å². The number of aryl methyl sites for hydroxylation is 1. The van der Waals surface area contributed by atoms with Gasteiger partial charge in [-0.05, 0) is 32.0 Å². The first-order valence-corrected chi connectivity index (χ1v) is 8.25. The summed E-state index contributed by atoms with van der Waals surface area (Å²) in [6, 6.07) is 3.17. The average molecular weight is 377 g/mol. The predicted octanol–water partition coefficient (Wildman–Crippen LogP) is 0.903. The van der Waals surface area contributed by atoms with Crippen LogP contribution >= 0.6 is 0 Å². The zero-order valence-electron chi connectivity index (χ0n) is 15.8. The Bertz CT molecular complexity index is 889. The summed E-state index contributed by atoms with van der Waals surface area (Å²) >= 11 is 0. The zero-order chi connectivity index (χ0) is 20.3. The predicted molar refractivity (Wildman–Crippen MR) is 98.2 cm³/mol. The number of nitrogens with zero attached hydrogens (tertiary/aromatic N) is 1. The number of methoxy groups -OCH3 is 2. The van der Waals surface area contributed by atoms with Crippen LogP contribution in [0.3, 0.4) is 0 Å². The van der Waals surface area contributed by atoms with E-state index in [0.29, 0.717) is 28.1 Å². The lowest BCUT2D eigenvalue weighted by Crippen LogP contribution is -2.49. The summed E-state index contributed by atoms with van der Waals surface area (Å²) in [5.41, 5.74) is 0.984. The van der Waals surface area contributed by atoms with E-state index in [-0.39, 0.29) is 0 Å². The lowest BCUT2D eigenvalue weighted by Gasteiger charge is -2.16. The van der Waals surface area contributed by atoms with Crippen LogP contribution in [0.5, 0.6) is 11.5 Å². The molecule has 0 saturated heterocycles. The van der Waals surface area contributed by atoms with Gasteiger partial charge in [-0.2, -0.15) is 0 Å². The Morgan fingerprint density at radius 2 is 1.63 bits per heavy atom. The topological polar surface area (TPSA) is 119 Å². The summed E-state index contributed by atoms with van der Waals surface area (Å²) in [5.74, 6) is -1.07. The first kappa shape index (κ1) is 20.1. The number of ether oxygens (including phenoxy) is 2. The molecule has 9 heteroatoms. The second-order valence-electron chi connectivity index (χ2n) is 6.08. The highest BCUT2D eigenvalue weighted by atomic mass is 16.5. The van der Waals surface area contributed by atoms with E-state index in [1.807, 2.05) is 0 Å². The molecule has 2 atom stereocenters. The van der Waals surface area contributed by atoms with E-state index in [0.717, 1.165) is 0 Å². The van der Waals surface area contributed by atoms with Crippen molar-refractivity contribution in [2.24, 2.45) is 7.05 Å². The number of benzene rings is 1. The van der Waals surface area contributed by atoms with E-state index in [2.05, 4.69) is 10.6 Å². The van der Waals surface area contributed by atoms with E-state index >= 15 is 0 Å². The summed E-state index contributed by atoms with van der Waals surface area (Å²) in [4.78, 5) is 35.5. The number of nitrogens with one attached hydrogen (secondary N) is 2. The molecule has 0 fully saturated rings. The van der Waals surface area contributed by atoms with Crippen molar-refractivity contribution in [1.82, 2.24) is 15.2 Å². The largest absolute Gasteiger partial charge is 0.496 e. The lowest BCUT2D eigenvalue weighted by atomic mass is 10.2. The number of carbonyl (C=O) groups excluding carboxylic acids is 2. The number of hydrogen-bond acceptors (Lipinski definition) is 5. The van der Waals surface area contributed by atoms with E-state index in [9.17, 15) is 14.4 Å². The third kappa shape index (κ3) is 3.97. The van der Waals surface area contributed by atoms with Gasteiger partial charge in [-0.1, -0.05) is 0 Å². The maximum absolute atomic E-state index is 12.7. The summed E-state index contributed by atoms with van der Waals surface area (Å²) in [5, 5.41) is 14.4. The monoisotopic (exact) mass is 377 g/mol. The Hall–Kier alpha value is -3.23. The minimum Gasteiger partial charge on any atom is -0.496 e. The Kier molecular flexibility index (Phi) is 5.94. The molecule has 0 unspecified atom stereocenters. The van der Waals surface area contributed by atoms with E-state index in [1.165, 1.54) is 28.1 Å². The molecule has 0 aliphatic carbocycles. The van der Waals surface area contributed by atoms with E-state index in [4.69, 9.17) is 14.6 Å². The van der Waals surface area contributed by atoms with Crippen LogP contribution in [0.15, 0.2) is 18.2 Å². The van der Waals surface area contributed by atoms with Gasteiger partial charge in [0.15, 0.2) is 0 Å². The van der Waals surface area contributed by atoms with Gasteiger partial charge in [-0.3, -0.25) is 14.4 Å². The maximum Gasteiger partial charge on any atom is 0.325 e. The van der Waals surface area contributed by atoms with Gasteiger partial charge in [0.1, 0.15) is 29.3 Å². The quantitative estimate of drug-likeness (QED) is 0.660. The van der Waals surface area contributed by atoms with Gasteiger partial charge in [-0.15, -0.1) is 0 Å². The molecule has 9 nitrogen and oxygen atoms in total. The Morgan fingerprint density at radius 3 is 2.19 bits per heavy atom. The maximum atomic E-state index is 12.7. The first-order valence-electron chi connectivity index (χ1n) is 8.25. The van der Waals surface area contributed by atoms with Crippen LogP contribution in [-0.4, -0.2) is 53.8 Å². The number of aliphatic carboxylic acids is 1. The molecule has 0 aliphatic heterocycles. The molecular formula is C18H23N3O6. The van der Waals surface area contributed by atoms with Crippen molar-refractivity contribution in [3.8, 4) is 11.5 Å². The zero-order valence-corrected chi connectivity index (χ0v) is 15.8. The van der Waals surface area contributed by atoms with Crippen molar-refractivity contribution in [3.05, 3.63) is 23.9 Å². The van der Waals surface area contributed by atoms with Gasteiger partial charge < -0.3 is 29.8 Å². The summed E-state index contributed by atoms with van der Waals surface area (Å²) in [6.45, 7) is 2.82. The van der Waals surface area contributed by atoms with Crippen LogP contribution in [0.2, 0.25) is 0 Å². The molecule has 1 aromatic carbocycles. The summed E-state index contributed by atoms with van der Waals surface area (Å²) in [6.07, 6.45) is 0. The van der Waals surface area contributed by atoms with Crippen LogP contribution in [0.1, 0.15) is 24.3 Å². The molecule has 1 aromatic heterocycles. The number of carbonyl (C=O) groups is 3. The third-order valence-corrected chi connectivity index (χ3v) is 4.26. The molecule has 2 amide bonds. The van der Waals surface area contributed by atoms with Gasteiger partial charge >= 0.3 is 5.97 Å². The molecule has 0 aliphatic rings. The highest BCUT2D eigenvalue weighted by Gasteiger charge is 2.24. The minimum absolute atomic E-state index is 0.304. The molecule has 0 bridgehead atoms. The van der Waals surface area contributed by atoms with Crippen molar-refractivity contribution in [2.45, 2.75) is 25.9 Å². The molecule has 3 N–H and O–H groups in total. The number of aromatic nitrogens is 1. The number of rotatable bonds is 7. The van der Waals surface area contributed by atoms with Gasteiger partial charge in [0, 0.05) is 12.4 Å². The lowest BCUT2D eigenvalue weighted by molar-refractivity contribution is -0.141. The molecule has 0 saturated carbocycles. The fourth-order valence-electron chi connectivity index (χ4n) is 2.71. The number of carboxylic acid groups (broad SMARTS) is 1. The van der Waals surface area contributed by atoms with Crippen LogP contribution in [0, 0.1) is 0 Å². The fourth-order valence-corrected chi connectivity index (χ4v) is 2.71. The standard InChI is InChI=1S/C18H23N3O6/c1-9(16(22)20-10(2)18(24)25)19-17(23)12-8-11-13(26-4)6-7-14(27-5)15(11)21(12)3/h6-10H,1-5H3,(H,19,23)(H,20,22)(H,24,25)/t9-,10-/m0/s1. The number of fused-ring (bicyclic) bond motifs is 1. The SMILES string of the molecule is COc1ccc(OC)c2c1cc(C(=O)N[C@@H](C)C(=O)N[C@@H](C)C(=O)O)n2C.